The number of hydrogen-bond acceptors (Lipinski definition) is 0. The molecule has 0 saturated heterocycles. The van der Waals surface area contributed by atoms with Crippen LogP contribution in [-0.4, -0.2) is 0 Å². The van der Waals surface area contributed by atoms with Crippen molar-refractivity contribution in [2.75, 3.05) is 0 Å². The van der Waals surface area contributed by atoms with E-state index in [-0.39, 0.29) is 0 Å². The summed E-state index contributed by atoms with van der Waals surface area (Å²) < 4.78 is 0. The van der Waals surface area contributed by atoms with Gasteiger partial charge in [0.25, 0.3) is 0 Å². The van der Waals surface area contributed by atoms with Crippen LogP contribution in [0.3, 0.4) is 0 Å². The Balaban J connectivity index is 2.41. The molecule has 1 fully saturated rings. The van der Waals surface area contributed by atoms with Crippen LogP contribution >= 0.6 is 0 Å². The lowest BCUT2D eigenvalue weighted by atomic mass is 9.73. The predicted molar refractivity (Wildman–Crippen MR) is 59.6 cm³/mol. The molecule has 0 heteroatoms. The Morgan fingerprint density at radius 2 is 1.77 bits per heavy atom. The van der Waals surface area contributed by atoms with Crippen LogP contribution in [0, 0.1) is 17.8 Å². The van der Waals surface area contributed by atoms with E-state index < -0.39 is 0 Å². The van der Waals surface area contributed by atoms with E-state index in [0.29, 0.717) is 0 Å². The molecule has 1 aliphatic carbocycles. The second kappa shape index (κ2) is 5.67. The summed E-state index contributed by atoms with van der Waals surface area (Å²) >= 11 is 0. The van der Waals surface area contributed by atoms with Gasteiger partial charge in [0.2, 0.25) is 0 Å². The minimum absolute atomic E-state index is 0.822. The fraction of sp³-hybridized carbons (Fsp3) is 0.923. The number of hydrogen-bond donors (Lipinski definition) is 0. The third kappa shape index (κ3) is 3.32. The molecule has 0 heterocycles. The Morgan fingerprint density at radius 1 is 1.15 bits per heavy atom. The molecule has 1 rings (SSSR count). The van der Waals surface area contributed by atoms with E-state index in [2.05, 4.69) is 20.8 Å². The molecule has 0 atom stereocenters. The highest BCUT2D eigenvalue weighted by Crippen LogP contribution is 2.37. The summed E-state index contributed by atoms with van der Waals surface area (Å²) in [5.74, 6) is 3.67. The van der Waals surface area contributed by atoms with Gasteiger partial charge in [-0.25, -0.2) is 0 Å². The first-order valence-electron chi connectivity index (χ1n) is 6.11. The Morgan fingerprint density at radius 3 is 2.23 bits per heavy atom. The molecular formula is C13H25. The molecule has 1 radical (unpaired) electrons. The summed E-state index contributed by atoms with van der Waals surface area (Å²) in [6.07, 6.45) is 10.1. The monoisotopic (exact) mass is 181 g/mol. The first-order valence-corrected chi connectivity index (χ1v) is 6.11. The minimum Gasteiger partial charge on any atom is -0.0654 e. The van der Waals surface area contributed by atoms with Crippen molar-refractivity contribution >= 4 is 0 Å². The smallest absolute Gasteiger partial charge is 0.0185 e. The number of rotatable bonds is 4. The summed E-state index contributed by atoms with van der Waals surface area (Å²) in [7, 11) is 0. The van der Waals surface area contributed by atoms with Crippen molar-refractivity contribution in [3.05, 3.63) is 5.92 Å². The average Bonchev–Trinajstić information content (AvgIpc) is 2.15. The van der Waals surface area contributed by atoms with Crippen molar-refractivity contribution in [1.82, 2.24) is 0 Å². The van der Waals surface area contributed by atoms with Crippen molar-refractivity contribution in [1.29, 1.82) is 0 Å². The molecule has 0 bridgehead atoms. The summed E-state index contributed by atoms with van der Waals surface area (Å²) in [4.78, 5) is 0. The molecule has 0 nitrogen and oxygen atoms in total. The van der Waals surface area contributed by atoms with Crippen molar-refractivity contribution in [3.63, 3.8) is 0 Å². The van der Waals surface area contributed by atoms with E-state index >= 15 is 0 Å². The van der Waals surface area contributed by atoms with Gasteiger partial charge in [0, 0.05) is 0 Å². The maximum atomic E-state index is 2.37. The molecule has 0 spiro atoms. The molecule has 0 aromatic carbocycles. The van der Waals surface area contributed by atoms with Crippen LogP contribution in [0.5, 0.6) is 0 Å². The fourth-order valence-electron chi connectivity index (χ4n) is 2.73. The average molecular weight is 181 g/mol. The highest BCUT2D eigenvalue weighted by atomic mass is 14.3. The van der Waals surface area contributed by atoms with Gasteiger partial charge in [0.15, 0.2) is 0 Å². The fourth-order valence-corrected chi connectivity index (χ4v) is 2.73. The SMILES string of the molecule is CCC[C](C(C)C)C1CCCCC1. The molecule has 0 aromatic rings. The zero-order valence-corrected chi connectivity index (χ0v) is 9.60. The largest absolute Gasteiger partial charge is 0.0654 e. The highest BCUT2D eigenvalue weighted by molar-refractivity contribution is 4.99. The summed E-state index contributed by atoms with van der Waals surface area (Å²) in [5.41, 5.74) is 0. The van der Waals surface area contributed by atoms with Gasteiger partial charge in [-0.3, -0.25) is 0 Å². The van der Waals surface area contributed by atoms with Gasteiger partial charge in [-0.1, -0.05) is 46.5 Å². The van der Waals surface area contributed by atoms with Crippen molar-refractivity contribution in [3.8, 4) is 0 Å². The van der Waals surface area contributed by atoms with Crippen LogP contribution in [0.25, 0.3) is 0 Å². The maximum absolute atomic E-state index is 2.37. The third-order valence-corrected chi connectivity index (χ3v) is 3.41. The van der Waals surface area contributed by atoms with Gasteiger partial charge in [-0.2, -0.15) is 0 Å². The van der Waals surface area contributed by atoms with Crippen LogP contribution < -0.4 is 0 Å². The quantitative estimate of drug-likeness (QED) is 0.594. The lowest BCUT2D eigenvalue weighted by Crippen LogP contribution is -2.20. The molecule has 13 heavy (non-hydrogen) atoms. The zero-order valence-electron chi connectivity index (χ0n) is 9.60. The first-order chi connectivity index (χ1) is 6.25. The topological polar surface area (TPSA) is 0 Å². The molecular weight excluding hydrogens is 156 g/mol. The van der Waals surface area contributed by atoms with Crippen molar-refractivity contribution in [2.24, 2.45) is 11.8 Å². The van der Waals surface area contributed by atoms with E-state index in [1.54, 1.807) is 0 Å². The Labute approximate surface area is 84.1 Å². The maximum Gasteiger partial charge on any atom is -0.0185 e. The molecule has 0 aromatic heterocycles. The molecule has 1 saturated carbocycles. The molecule has 0 unspecified atom stereocenters. The summed E-state index contributed by atoms with van der Waals surface area (Å²) in [6.45, 7) is 7.06. The van der Waals surface area contributed by atoms with E-state index in [1.807, 2.05) is 5.92 Å². The molecule has 1 aliphatic rings. The summed E-state index contributed by atoms with van der Waals surface area (Å²) in [5, 5.41) is 0. The van der Waals surface area contributed by atoms with Crippen LogP contribution in [-0.2, 0) is 0 Å². The molecule has 77 valence electrons. The van der Waals surface area contributed by atoms with Crippen LogP contribution in [0.15, 0.2) is 0 Å². The lowest BCUT2D eigenvalue weighted by molar-refractivity contribution is 0.320. The molecule has 0 N–H and O–H groups in total. The van der Waals surface area contributed by atoms with Gasteiger partial charge in [0.1, 0.15) is 0 Å². The lowest BCUT2D eigenvalue weighted by Gasteiger charge is -2.32. The Kier molecular flexibility index (Phi) is 4.83. The normalized spacial score (nSPS) is 20.1. The van der Waals surface area contributed by atoms with E-state index in [1.165, 1.54) is 44.9 Å². The Hall–Kier alpha value is 0. The van der Waals surface area contributed by atoms with Gasteiger partial charge in [-0.15, -0.1) is 0 Å². The minimum atomic E-state index is 0.822. The van der Waals surface area contributed by atoms with Crippen molar-refractivity contribution < 1.29 is 0 Å². The van der Waals surface area contributed by atoms with E-state index in [9.17, 15) is 0 Å². The molecule has 0 aliphatic heterocycles. The highest BCUT2D eigenvalue weighted by Gasteiger charge is 2.25. The zero-order chi connectivity index (χ0) is 9.68. The van der Waals surface area contributed by atoms with Gasteiger partial charge in [0.05, 0.1) is 0 Å². The second-order valence-electron chi connectivity index (χ2n) is 4.81. The Bertz CT molecular complexity index is 120. The van der Waals surface area contributed by atoms with Crippen molar-refractivity contribution in [2.45, 2.75) is 65.7 Å². The van der Waals surface area contributed by atoms with Crippen LogP contribution in [0.1, 0.15) is 65.7 Å². The summed E-state index contributed by atoms with van der Waals surface area (Å²) in [6, 6.07) is 0. The van der Waals surface area contributed by atoms with E-state index in [0.717, 1.165) is 11.8 Å². The molecule has 0 amide bonds. The second-order valence-corrected chi connectivity index (χ2v) is 4.81. The van der Waals surface area contributed by atoms with E-state index in [4.69, 9.17) is 0 Å². The van der Waals surface area contributed by atoms with Gasteiger partial charge >= 0.3 is 0 Å². The van der Waals surface area contributed by atoms with Gasteiger partial charge < -0.3 is 0 Å². The predicted octanol–water partition coefficient (Wildman–Crippen LogP) is 4.60. The standard InChI is InChI=1S/C13H25/c1-4-8-13(11(2)3)12-9-6-5-7-10-12/h11-12H,4-10H2,1-3H3. The van der Waals surface area contributed by atoms with Crippen LogP contribution in [0.4, 0.5) is 0 Å². The van der Waals surface area contributed by atoms with Crippen LogP contribution in [0.2, 0.25) is 0 Å². The first kappa shape index (κ1) is 11.1. The van der Waals surface area contributed by atoms with Gasteiger partial charge in [-0.05, 0) is 37.0 Å². The third-order valence-electron chi connectivity index (χ3n) is 3.41.